The van der Waals surface area contributed by atoms with Crippen molar-refractivity contribution in [1.82, 2.24) is 4.90 Å². The van der Waals surface area contributed by atoms with E-state index in [0.29, 0.717) is 0 Å². The molecule has 1 saturated carbocycles. The van der Waals surface area contributed by atoms with Crippen molar-refractivity contribution in [2.45, 2.75) is 65.3 Å². The summed E-state index contributed by atoms with van der Waals surface area (Å²) in [5.41, 5.74) is -0.396. The SMILES string of the molecule is CC1(C)CC(C)(C)CC(C(=O)O)(N2CCCC2)C1. The van der Waals surface area contributed by atoms with E-state index >= 15 is 0 Å². The van der Waals surface area contributed by atoms with Crippen LogP contribution >= 0.6 is 0 Å². The molecule has 0 aromatic heterocycles. The van der Waals surface area contributed by atoms with Crippen molar-refractivity contribution >= 4 is 5.97 Å². The monoisotopic (exact) mass is 253 g/mol. The van der Waals surface area contributed by atoms with Crippen molar-refractivity contribution in [3.05, 3.63) is 0 Å². The fraction of sp³-hybridized carbons (Fsp3) is 0.933. The van der Waals surface area contributed by atoms with Gasteiger partial charge in [-0.2, -0.15) is 0 Å². The lowest BCUT2D eigenvalue weighted by molar-refractivity contribution is -0.161. The molecule has 104 valence electrons. The maximum atomic E-state index is 12.0. The van der Waals surface area contributed by atoms with Crippen LogP contribution in [0.25, 0.3) is 0 Å². The van der Waals surface area contributed by atoms with E-state index in [9.17, 15) is 9.90 Å². The molecule has 0 atom stereocenters. The van der Waals surface area contributed by atoms with Crippen LogP contribution in [0.1, 0.15) is 59.8 Å². The van der Waals surface area contributed by atoms with Crippen LogP contribution < -0.4 is 0 Å². The van der Waals surface area contributed by atoms with Gasteiger partial charge in [-0.1, -0.05) is 27.7 Å². The zero-order chi connectivity index (χ0) is 13.6. The summed E-state index contributed by atoms with van der Waals surface area (Å²) in [6, 6.07) is 0. The number of carbonyl (C=O) groups is 1. The van der Waals surface area contributed by atoms with Gasteiger partial charge in [0.2, 0.25) is 0 Å². The van der Waals surface area contributed by atoms with Crippen molar-refractivity contribution in [2.75, 3.05) is 13.1 Å². The third-order valence-corrected chi connectivity index (χ3v) is 4.61. The molecular weight excluding hydrogens is 226 g/mol. The van der Waals surface area contributed by atoms with Gasteiger partial charge >= 0.3 is 5.97 Å². The summed E-state index contributed by atoms with van der Waals surface area (Å²) in [6.07, 6.45) is 4.99. The summed E-state index contributed by atoms with van der Waals surface area (Å²) >= 11 is 0. The molecule has 2 aliphatic rings. The van der Waals surface area contributed by atoms with Crippen LogP contribution in [0.3, 0.4) is 0 Å². The summed E-state index contributed by atoms with van der Waals surface area (Å²) < 4.78 is 0. The Balaban J connectivity index is 2.36. The number of carboxylic acids is 1. The van der Waals surface area contributed by atoms with Crippen LogP contribution in [0, 0.1) is 10.8 Å². The summed E-state index contributed by atoms with van der Waals surface area (Å²) in [6.45, 7) is 10.8. The molecule has 0 spiro atoms. The van der Waals surface area contributed by atoms with Crippen LogP contribution in [0.2, 0.25) is 0 Å². The molecular formula is C15H27NO2. The molecule has 0 aromatic rings. The molecule has 1 saturated heterocycles. The Labute approximate surface area is 111 Å². The van der Waals surface area contributed by atoms with Gasteiger partial charge in [0, 0.05) is 0 Å². The second-order valence-corrected chi connectivity index (χ2v) is 7.89. The molecule has 0 aromatic carbocycles. The van der Waals surface area contributed by atoms with Gasteiger partial charge in [-0.05, 0) is 56.0 Å². The molecule has 3 heteroatoms. The molecule has 0 radical (unpaired) electrons. The molecule has 0 unspecified atom stereocenters. The van der Waals surface area contributed by atoms with Gasteiger partial charge in [0.05, 0.1) is 0 Å². The zero-order valence-corrected chi connectivity index (χ0v) is 12.3. The Bertz CT molecular complexity index is 324. The molecule has 1 heterocycles. The van der Waals surface area contributed by atoms with Crippen molar-refractivity contribution < 1.29 is 9.90 Å². The topological polar surface area (TPSA) is 40.5 Å². The Morgan fingerprint density at radius 2 is 1.39 bits per heavy atom. The number of likely N-dealkylation sites (tertiary alicyclic amines) is 1. The van der Waals surface area contributed by atoms with E-state index in [-0.39, 0.29) is 10.8 Å². The number of rotatable bonds is 2. The Morgan fingerprint density at radius 3 is 1.78 bits per heavy atom. The lowest BCUT2D eigenvalue weighted by Gasteiger charge is -2.53. The van der Waals surface area contributed by atoms with E-state index in [1.54, 1.807) is 0 Å². The van der Waals surface area contributed by atoms with Crippen molar-refractivity contribution in [3.8, 4) is 0 Å². The zero-order valence-electron chi connectivity index (χ0n) is 12.3. The maximum absolute atomic E-state index is 12.0. The van der Waals surface area contributed by atoms with Gasteiger partial charge in [0.15, 0.2) is 0 Å². The molecule has 2 fully saturated rings. The molecule has 18 heavy (non-hydrogen) atoms. The normalized spacial score (nSPS) is 30.2. The van der Waals surface area contributed by atoms with Gasteiger partial charge in [-0.3, -0.25) is 9.69 Å². The third kappa shape index (κ3) is 2.42. The van der Waals surface area contributed by atoms with E-state index in [4.69, 9.17) is 0 Å². The van der Waals surface area contributed by atoms with Crippen LogP contribution in [-0.2, 0) is 4.79 Å². The quantitative estimate of drug-likeness (QED) is 0.822. The average Bonchev–Trinajstić information content (AvgIpc) is 2.64. The van der Waals surface area contributed by atoms with Gasteiger partial charge in [0.1, 0.15) is 5.54 Å². The minimum Gasteiger partial charge on any atom is -0.480 e. The first kappa shape index (κ1) is 13.9. The first-order chi connectivity index (χ1) is 8.17. The smallest absolute Gasteiger partial charge is 0.324 e. The van der Waals surface area contributed by atoms with Gasteiger partial charge in [0.25, 0.3) is 0 Å². The van der Waals surface area contributed by atoms with Crippen LogP contribution in [0.4, 0.5) is 0 Å². The predicted molar refractivity (Wildman–Crippen MR) is 72.6 cm³/mol. The summed E-state index contributed by atoms with van der Waals surface area (Å²) in [5.74, 6) is -0.606. The third-order valence-electron chi connectivity index (χ3n) is 4.61. The van der Waals surface area contributed by atoms with Crippen molar-refractivity contribution in [1.29, 1.82) is 0 Å². The molecule has 1 aliphatic carbocycles. The van der Waals surface area contributed by atoms with E-state index in [1.165, 1.54) is 0 Å². The second kappa shape index (κ2) is 4.22. The van der Waals surface area contributed by atoms with E-state index in [2.05, 4.69) is 32.6 Å². The number of aliphatic carboxylic acids is 1. The van der Waals surface area contributed by atoms with Gasteiger partial charge in [-0.15, -0.1) is 0 Å². The first-order valence-electron chi connectivity index (χ1n) is 7.16. The lowest BCUT2D eigenvalue weighted by Crippen LogP contribution is -2.60. The van der Waals surface area contributed by atoms with E-state index in [1.807, 2.05) is 0 Å². The van der Waals surface area contributed by atoms with Crippen molar-refractivity contribution in [2.24, 2.45) is 10.8 Å². The number of nitrogens with zero attached hydrogens (tertiary/aromatic N) is 1. The fourth-order valence-electron chi connectivity index (χ4n) is 4.72. The first-order valence-corrected chi connectivity index (χ1v) is 7.16. The average molecular weight is 253 g/mol. The highest BCUT2D eigenvalue weighted by Gasteiger charge is 2.55. The van der Waals surface area contributed by atoms with Crippen molar-refractivity contribution in [3.63, 3.8) is 0 Å². The van der Waals surface area contributed by atoms with E-state index < -0.39 is 11.5 Å². The standard InChI is InChI=1S/C15H27NO2/c1-13(2)9-14(3,4)11-15(10-13,12(17)18)16-7-5-6-8-16/h5-11H2,1-4H3,(H,17,18). The van der Waals surface area contributed by atoms with E-state index in [0.717, 1.165) is 45.2 Å². The predicted octanol–water partition coefficient (Wildman–Crippen LogP) is 3.14. The summed E-state index contributed by atoms with van der Waals surface area (Å²) in [4.78, 5) is 14.2. The minimum atomic E-state index is -0.623. The molecule has 2 rings (SSSR count). The minimum absolute atomic E-state index is 0.114. The maximum Gasteiger partial charge on any atom is 0.324 e. The highest BCUT2D eigenvalue weighted by atomic mass is 16.4. The highest BCUT2D eigenvalue weighted by Crippen LogP contribution is 2.52. The van der Waals surface area contributed by atoms with Gasteiger partial charge < -0.3 is 5.11 Å². The molecule has 0 bridgehead atoms. The molecule has 0 amide bonds. The fourth-order valence-corrected chi connectivity index (χ4v) is 4.72. The van der Waals surface area contributed by atoms with Crippen LogP contribution in [0.15, 0.2) is 0 Å². The van der Waals surface area contributed by atoms with Gasteiger partial charge in [-0.25, -0.2) is 0 Å². The molecule has 1 N–H and O–H groups in total. The Hall–Kier alpha value is -0.570. The number of hydrogen-bond donors (Lipinski definition) is 1. The number of carboxylic acid groups (broad SMARTS) is 1. The van der Waals surface area contributed by atoms with Crippen LogP contribution in [-0.4, -0.2) is 34.6 Å². The summed E-state index contributed by atoms with van der Waals surface area (Å²) in [5, 5.41) is 9.87. The molecule has 3 nitrogen and oxygen atoms in total. The Kier molecular flexibility index (Phi) is 3.25. The highest BCUT2D eigenvalue weighted by molar-refractivity contribution is 5.79. The molecule has 1 aliphatic heterocycles. The largest absolute Gasteiger partial charge is 0.480 e. The van der Waals surface area contributed by atoms with Crippen LogP contribution in [0.5, 0.6) is 0 Å². The lowest BCUT2D eigenvalue weighted by atomic mass is 9.58. The summed E-state index contributed by atoms with van der Waals surface area (Å²) in [7, 11) is 0. The second-order valence-electron chi connectivity index (χ2n) is 7.89. The number of hydrogen-bond acceptors (Lipinski definition) is 2. The Morgan fingerprint density at radius 1 is 0.944 bits per heavy atom.